The fourth-order valence-electron chi connectivity index (χ4n) is 4.88. The van der Waals surface area contributed by atoms with Crippen molar-refractivity contribution in [3.05, 3.63) is 55.0 Å². The van der Waals surface area contributed by atoms with Crippen LogP contribution < -0.4 is 10.2 Å². The Bertz CT molecular complexity index is 1740. The van der Waals surface area contributed by atoms with E-state index in [9.17, 15) is 31.5 Å². The number of carbonyl (C=O) groups is 1. The van der Waals surface area contributed by atoms with Gasteiger partial charge in [-0.25, -0.2) is 28.2 Å². The quantitative estimate of drug-likeness (QED) is 0.307. The van der Waals surface area contributed by atoms with E-state index in [1.165, 1.54) is 17.3 Å². The van der Waals surface area contributed by atoms with Crippen LogP contribution in [0.4, 0.5) is 29.7 Å². The summed E-state index contributed by atoms with van der Waals surface area (Å²) in [5.41, 5.74) is -0.492. The molecule has 0 radical (unpaired) electrons. The van der Waals surface area contributed by atoms with E-state index >= 15 is 0 Å². The lowest BCUT2D eigenvalue weighted by atomic mass is 9.90. The van der Waals surface area contributed by atoms with Crippen LogP contribution in [0.5, 0.6) is 0 Å². The first kappa shape index (κ1) is 29.8. The molecule has 1 aliphatic carbocycles. The molecule has 0 spiro atoms. The molecule has 43 heavy (non-hydrogen) atoms. The van der Waals surface area contributed by atoms with Crippen LogP contribution in [0.1, 0.15) is 31.2 Å². The second-order valence-electron chi connectivity index (χ2n) is 10.1. The number of halogens is 3. The van der Waals surface area contributed by atoms with E-state index < -0.39 is 39.4 Å². The van der Waals surface area contributed by atoms with Gasteiger partial charge in [-0.15, -0.1) is 0 Å². The van der Waals surface area contributed by atoms with Crippen molar-refractivity contribution in [2.24, 2.45) is 7.05 Å². The van der Waals surface area contributed by atoms with Crippen LogP contribution in [0.3, 0.4) is 0 Å². The molecule has 1 fully saturated rings. The monoisotopic (exact) mass is 617 g/mol. The lowest BCUT2D eigenvalue weighted by Crippen LogP contribution is -2.44. The number of alkyl halides is 3. The molecule has 0 aliphatic heterocycles. The van der Waals surface area contributed by atoms with Crippen LogP contribution in [0.15, 0.2) is 54.3 Å². The van der Waals surface area contributed by atoms with Crippen molar-refractivity contribution in [2.75, 3.05) is 16.5 Å². The van der Waals surface area contributed by atoms with Gasteiger partial charge >= 0.3 is 12.3 Å². The maximum atomic E-state index is 13.8. The van der Waals surface area contributed by atoms with Gasteiger partial charge in [0.05, 0.1) is 34.9 Å². The fourth-order valence-corrected chi connectivity index (χ4v) is 5.47. The van der Waals surface area contributed by atoms with Gasteiger partial charge in [0.2, 0.25) is 5.95 Å². The van der Waals surface area contributed by atoms with Crippen molar-refractivity contribution in [3.8, 4) is 22.5 Å². The van der Waals surface area contributed by atoms with Gasteiger partial charge in [-0.05, 0) is 31.7 Å². The summed E-state index contributed by atoms with van der Waals surface area (Å²) in [5, 5.41) is 17.1. The van der Waals surface area contributed by atoms with Crippen molar-refractivity contribution in [1.82, 2.24) is 34.7 Å². The first-order chi connectivity index (χ1) is 20.3. The lowest BCUT2D eigenvalue weighted by Gasteiger charge is -2.34. The highest BCUT2D eigenvalue weighted by atomic mass is 32.2. The highest BCUT2D eigenvalue weighted by Crippen LogP contribution is 2.37. The largest absolute Gasteiger partial charge is 0.465 e. The van der Waals surface area contributed by atoms with Gasteiger partial charge in [0.1, 0.15) is 5.56 Å². The molecule has 0 saturated heterocycles. The molecule has 226 valence electrons. The summed E-state index contributed by atoms with van der Waals surface area (Å²) in [6, 6.07) is 0.431. The topological polar surface area (TPSA) is 169 Å². The molecule has 17 heteroatoms. The average Bonchev–Trinajstić information content (AvgIpc) is 3.39. The minimum Gasteiger partial charge on any atom is -0.465 e. The number of amides is 1. The Labute approximate surface area is 243 Å². The highest BCUT2D eigenvalue weighted by molar-refractivity contribution is 7.90. The maximum absolute atomic E-state index is 13.8. The summed E-state index contributed by atoms with van der Waals surface area (Å²) in [6.07, 6.45) is 5.82. The number of nitrogens with zero attached hydrogens (tertiary/aromatic N) is 8. The SMILES string of the molecule is Cn1cc(-c2cnc(N(C(=O)O)[C@H]3CC[C@H](Nc4ncc(C(F)(F)F)c(-c5cncc(S(C)(=O)=O)c5)n4)CC3)cn2)cn1. The number of hydrogen-bond donors (Lipinski definition) is 2. The molecule has 0 bridgehead atoms. The van der Waals surface area contributed by atoms with Gasteiger partial charge in [0.15, 0.2) is 15.7 Å². The Morgan fingerprint density at radius 3 is 2.35 bits per heavy atom. The number of carboxylic acid groups (broad SMARTS) is 1. The first-order valence-corrected chi connectivity index (χ1v) is 14.9. The van der Waals surface area contributed by atoms with Crippen LogP contribution in [0.25, 0.3) is 22.5 Å². The molecule has 2 N–H and O–H groups in total. The molecule has 5 rings (SSSR count). The number of aryl methyl sites for hydroxylation is 1. The molecule has 0 unspecified atom stereocenters. The van der Waals surface area contributed by atoms with E-state index in [-0.39, 0.29) is 28.3 Å². The van der Waals surface area contributed by atoms with Crippen molar-refractivity contribution in [3.63, 3.8) is 0 Å². The number of aromatic nitrogens is 7. The summed E-state index contributed by atoms with van der Waals surface area (Å²) in [5.74, 6) is 0.0976. The smallest absolute Gasteiger partial charge is 0.419 e. The molecule has 1 saturated carbocycles. The van der Waals surface area contributed by atoms with Crippen LogP contribution in [0.2, 0.25) is 0 Å². The fraction of sp³-hybridized carbons (Fsp3) is 0.346. The molecule has 4 aromatic heterocycles. The van der Waals surface area contributed by atoms with Crippen LogP contribution in [-0.2, 0) is 23.1 Å². The van der Waals surface area contributed by atoms with Crippen molar-refractivity contribution >= 4 is 27.7 Å². The van der Waals surface area contributed by atoms with Crippen LogP contribution >= 0.6 is 0 Å². The van der Waals surface area contributed by atoms with E-state index in [1.807, 2.05) is 0 Å². The number of pyridine rings is 1. The predicted molar refractivity (Wildman–Crippen MR) is 148 cm³/mol. The zero-order valence-corrected chi connectivity index (χ0v) is 23.7. The number of nitrogens with one attached hydrogen (secondary N) is 1. The van der Waals surface area contributed by atoms with E-state index in [4.69, 9.17) is 0 Å². The third kappa shape index (κ3) is 6.71. The summed E-state index contributed by atoms with van der Waals surface area (Å²) >= 11 is 0. The zero-order valence-electron chi connectivity index (χ0n) is 22.9. The lowest BCUT2D eigenvalue weighted by molar-refractivity contribution is -0.137. The predicted octanol–water partition coefficient (Wildman–Crippen LogP) is 4.06. The van der Waals surface area contributed by atoms with Crippen LogP contribution in [-0.4, -0.2) is 72.7 Å². The third-order valence-corrected chi connectivity index (χ3v) is 8.08. The molecule has 4 aromatic rings. The van der Waals surface area contributed by atoms with Gasteiger partial charge in [-0.3, -0.25) is 19.5 Å². The average molecular weight is 618 g/mol. The minimum atomic E-state index is -4.80. The van der Waals surface area contributed by atoms with Gasteiger partial charge in [-0.2, -0.15) is 18.3 Å². The van der Waals surface area contributed by atoms with Gasteiger partial charge in [-0.1, -0.05) is 0 Å². The molecule has 4 heterocycles. The molecular formula is C26H26F3N9O4S. The molecule has 1 aliphatic rings. The Morgan fingerprint density at radius 1 is 1.02 bits per heavy atom. The second-order valence-corrected chi connectivity index (χ2v) is 12.1. The first-order valence-electron chi connectivity index (χ1n) is 13.0. The highest BCUT2D eigenvalue weighted by Gasteiger charge is 2.36. The van der Waals surface area contributed by atoms with E-state index in [1.54, 1.807) is 24.1 Å². The normalized spacial score (nSPS) is 17.4. The number of rotatable bonds is 7. The van der Waals surface area contributed by atoms with Crippen LogP contribution in [0, 0.1) is 0 Å². The Balaban J connectivity index is 1.31. The molecule has 13 nitrogen and oxygen atoms in total. The van der Waals surface area contributed by atoms with Crippen molar-refractivity contribution in [1.29, 1.82) is 0 Å². The van der Waals surface area contributed by atoms with E-state index in [0.29, 0.717) is 37.6 Å². The van der Waals surface area contributed by atoms with Gasteiger partial charge < -0.3 is 10.4 Å². The number of hydrogen-bond acceptors (Lipinski definition) is 10. The third-order valence-electron chi connectivity index (χ3n) is 7.00. The maximum Gasteiger partial charge on any atom is 0.419 e. The number of sulfone groups is 1. The Hall–Kier alpha value is -4.67. The van der Waals surface area contributed by atoms with E-state index in [0.717, 1.165) is 30.3 Å². The Kier molecular flexibility index (Phi) is 8.00. The van der Waals surface area contributed by atoms with Crippen molar-refractivity contribution < 1.29 is 31.5 Å². The molecule has 0 aromatic carbocycles. The molecule has 0 atom stereocenters. The second kappa shape index (κ2) is 11.5. The van der Waals surface area contributed by atoms with Crippen molar-refractivity contribution in [2.45, 2.75) is 48.8 Å². The number of anilines is 2. The summed E-state index contributed by atoms with van der Waals surface area (Å²) in [6.45, 7) is 0. The van der Waals surface area contributed by atoms with Gasteiger partial charge in [0, 0.05) is 61.3 Å². The Morgan fingerprint density at radius 2 is 1.77 bits per heavy atom. The summed E-state index contributed by atoms with van der Waals surface area (Å²) < 4.78 is 66.9. The molecular weight excluding hydrogens is 591 g/mol. The van der Waals surface area contributed by atoms with E-state index in [2.05, 4.69) is 35.3 Å². The minimum absolute atomic E-state index is 0.0804. The zero-order chi connectivity index (χ0) is 30.9. The van der Waals surface area contributed by atoms with Gasteiger partial charge in [0.25, 0.3) is 0 Å². The summed E-state index contributed by atoms with van der Waals surface area (Å²) in [7, 11) is -1.96. The summed E-state index contributed by atoms with van der Waals surface area (Å²) in [4.78, 5) is 33.5. The molecule has 1 amide bonds. The standard InChI is InChI=1S/C26H26F3N9O4S/c1-37-14-16(9-34-37)21-12-32-22(13-31-21)38(25(39)40)18-5-3-17(4-6-18)35-24-33-11-20(26(27,28)29)23(36-24)15-7-19(10-30-8-15)43(2,41)42/h7-14,17-18H,3-6H2,1-2H3,(H,39,40)(H,33,35,36)/t17-,18-.